The predicted octanol–water partition coefficient (Wildman–Crippen LogP) is 15.3. The summed E-state index contributed by atoms with van der Waals surface area (Å²) in [6.07, 6.45) is 1.87. The van der Waals surface area contributed by atoms with E-state index in [9.17, 15) is 0 Å². The summed E-state index contributed by atoms with van der Waals surface area (Å²) in [5.74, 6) is 0. The van der Waals surface area contributed by atoms with Crippen LogP contribution in [0.15, 0.2) is 235 Å². The van der Waals surface area contributed by atoms with Gasteiger partial charge in [0.05, 0.1) is 10.9 Å². The Morgan fingerprint density at radius 2 is 0.967 bits per heavy atom. The van der Waals surface area contributed by atoms with E-state index in [2.05, 4.69) is 211 Å². The standard InChI is InChI=1S/C58H38N2O/c1-2-15-43(16-3-1)58(53-23-7-4-19-49(53)50-20-5-8-24-54(50)58)44-17-11-18-47(38-44)60(46-33-28-40(29-34-46)48-22-10-13-41-14-12-36-59-57(41)48)45-31-26-39(27-32-45)42-30-35-56-52(37-42)51-21-6-9-25-55(51)61-56/h1-38H. The Labute approximate surface area is 354 Å². The molecule has 0 N–H and O–H groups in total. The van der Waals surface area contributed by atoms with Crippen LogP contribution in [0.25, 0.3) is 66.2 Å². The minimum Gasteiger partial charge on any atom is -0.456 e. The smallest absolute Gasteiger partial charge is 0.135 e. The van der Waals surface area contributed by atoms with Crippen molar-refractivity contribution in [1.82, 2.24) is 4.98 Å². The third-order valence-corrected chi connectivity index (χ3v) is 12.6. The number of benzene rings is 9. The van der Waals surface area contributed by atoms with Crippen molar-refractivity contribution in [2.45, 2.75) is 5.41 Å². The lowest BCUT2D eigenvalue weighted by Crippen LogP contribution is -2.28. The lowest BCUT2D eigenvalue weighted by atomic mass is 9.67. The average molecular weight is 779 g/mol. The molecule has 0 unspecified atom stereocenters. The van der Waals surface area contributed by atoms with Gasteiger partial charge in [-0.05, 0) is 111 Å². The van der Waals surface area contributed by atoms with Crippen molar-refractivity contribution < 1.29 is 4.42 Å². The molecule has 2 heterocycles. The molecule has 9 aromatic carbocycles. The van der Waals surface area contributed by atoms with E-state index in [-0.39, 0.29) is 0 Å². The Hall–Kier alpha value is -8.01. The molecule has 0 saturated heterocycles. The highest BCUT2D eigenvalue weighted by Crippen LogP contribution is 2.56. The molecule has 61 heavy (non-hydrogen) atoms. The summed E-state index contributed by atoms with van der Waals surface area (Å²) >= 11 is 0. The van der Waals surface area contributed by atoms with E-state index in [1.165, 1.54) is 33.4 Å². The number of nitrogens with zero attached hydrogens (tertiary/aromatic N) is 2. The summed E-state index contributed by atoms with van der Waals surface area (Å²) in [5, 5.41) is 3.38. The van der Waals surface area contributed by atoms with Gasteiger partial charge in [0.2, 0.25) is 0 Å². The van der Waals surface area contributed by atoms with Crippen LogP contribution in [-0.4, -0.2) is 4.98 Å². The summed E-state index contributed by atoms with van der Waals surface area (Å²) in [6.45, 7) is 0. The van der Waals surface area contributed by atoms with Gasteiger partial charge in [0.15, 0.2) is 0 Å². The second kappa shape index (κ2) is 14.1. The molecule has 3 nitrogen and oxygen atoms in total. The highest BCUT2D eigenvalue weighted by Gasteiger charge is 2.46. The Balaban J connectivity index is 1.02. The zero-order valence-corrected chi connectivity index (χ0v) is 33.2. The Morgan fingerprint density at radius 1 is 0.377 bits per heavy atom. The molecule has 3 heteroatoms. The zero-order chi connectivity index (χ0) is 40.3. The Kier molecular flexibility index (Phi) is 8.07. The maximum Gasteiger partial charge on any atom is 0.135 e. The first-order valence-electron chi connectivity index (χ1n) is 20.9. The fourth-order valence-corrected chi connectivity index (χ4v) is 9.87. The first-order chi connectivity index (χ1) is 30.2. The lowest BCUT2D eigenvalue weighted by Gasteiger charge is -2.35. The van der Waals surface area contributed by atoms with E-state index in [0.29, 0.717) is 0 Å². The molecular formula is C58H38N2O. The minimum absolute atomic E-state index is 0.513. The first kappa shape index (κ1) is 35.0. The maximum absolute atomic E-state index is 6.16. The SMILES string of the molecule is c1ccc(C2(c3cccc(N(c4ccc(-c5ccc6oc7ccccc7c6c5)cc4)c4ccc(-c5cccc6cccnc56)cc4)c3)c3ccccc3-c3ccccc32)cc1. The van der Waals surface area contributed by atoms with Crippen molar-refractivity contribution in [2.24, 2.45) is 0 Å². The number of rotatable bonds is 7. The zero-order valence-electron chi connectivity index (χ0n) is 33.2. The molecule has 0 saturated carbocycles. The highest BCUT2D eigenvalue weighted by atomic mass is 16.3. The van der Waals surface area contributed by atoms with Crippen LogP contribution in [-0.2, 0) is 5.41 Å². The third kappa shape index (κ3) is 5.55. The predicted molar refractivity (Wildman–Crippen MR) is 252 cm³/mol. The van der Waals surface area contributed by atoms with Crippen LogP contribution in [0.4, 0.5) is 17.1 Å². The quantitative estimate of drug-likeness (QED) is 0.161. The summed E-state index contributed by atoms with van der Waals surface area (Å²) in [6, 6.07) is 81.2. The molecule has 2 aromatic heterocycles. The second-order valence-electron chi connectivity index (χ2n) is 15.9. The highest BCUT2D eigenvalue weighted by molar-refractivity contribution is 6.06. The average Bonchev–Trinajstić information content (AvgIpc) is 3.86. The molecule has 286 valence electrons. The minimum atomic E-state index is -0.513. The molecule has 0 aliphatic heterocycles. The largest absolute Gasteiger partial charge is 0.456 e. The summed E-state index contributed by atoms with van der Waals surface area (Å²) < 4.78 is 6.16. The van der Waals surface area contributed by atoms with Crippen molar-refractivity contribution in [3.63, 3.8) is 0 Å². The molecule has 0 amide bonds. The summed E-state index contributed by atoms with van der Waals surface area (Å²) in [5.41, 5.74) is 17.7. The van der Waals surface area contributed by atoms with Crippen LogP contribution < -0.4 is 4.90 Å². The number of furan rings is 1. The van der Waals surface area contributed by atoms with E-state index in [4.69, 9.17) is 9.40 Å². The van der Waals surface area contributed by atoms with Crippen LogP contribution in [0, 0.1) is 0 Å². The van der Waals surface area contributed by atoms with E-state index >= 15 is 0 Å². The van der Waals surface area contributed by atoms with Crippen LogP contribution >= 0.6 is 0 Å². The first-order valence-corrected chi connectivity index (χ1v) is 20.9. The van der Waals surface area contributed by atoms with Crippen molar-refractivity contribution in [3.8, 4) is 33.4 Å². The van der Waals surface area contributed by atoms with Crippen LogP contribution in [0.3, 0.4) is 0 Å². The van der Waals surface area contributed by atoms with Crippen molar-refractivity contribution >= 4 is 49.9 Å². The van der Waals surface area contributed by atoms with Gasteiger partial charge in [-0.1, -0.05) is 164 Å². The fourth-order valence-electron chi connectivity index (χ4n) is 9.87. The number of para-hydroxylation sites is 2. The molecule has 1 aliphatic rings. The van der Waals surface area contributed by atoms with Crippen molar-refractivity contribution in [2.75, 3.05) is 4.90 Å². The van der Waals surface area contributed by atoms with Crippen LogP contribution in [0.1, 0.15) is 22.3 Å². The lowest BCUT2D eigenvalue weighted by molar-refractivity contribution is 0.669. The number of hydrogen-bond donors (Lipinski definition) is 0. The Morgan fingerprint density at radius 3 is 1.74 bits per heavy atom. The molecule has 0 radical (unpaired) electrons. The van der Waals surface area contributed by atoms with Gasteiger partial charge in [0.1, 0.15) is 11.2 Å². The molecule has 12 rings (SSSR count). The molecule has 0 spiro atoms. The van der Waals surface area contributed by atoms with Crippen molar-refractivity contribution in [1.29, 1.82) is 0 Å². The van der Waals surface area contributed by atoms with Crippen LogP contribution in [0.5, 0.6) is 0 Å². The van der Waals surface area contributed by atoms with Gasteiger partial charge in [-0.15, -0.1) is 0 Å². The number of anilines is 3. The van der Waals surface area contributed by atoms with Gasteiger partial charge in [-0.25, -0.2) is 0 Å². The van der Waals surface area contributed by atoms with Crippen LogP contribution in [0.2, 0.25) is 0 Å². The van der Waals surface area contributed by atoms with Gasteiger partial charge >= 0.3 is 0 Å². The number of aromatic nitrogens is 1. The third-order valence-electron chi connectivity index (χ3n) is 12.6. The molecular weight excluding hydrogens is 741 g/mol. The van der Waals surface area contributed by atoms with Gasteiger partial charge in [-0.2, -0.15) is 0 Å². The molecule has 11 aromatic rings. The van der Waals surface area contributed by atoms with Gasteiger partial charge in [0.25, 0.3) is 0 Å². The molecule has 0 atom stereocenters. The van der Waals surface area contributed by atoms with Crippen molar-refractivity contribution in [3.05, 3.63) is 253 Å². The maximum atomic E-state index is 6.16. The van der Waals surface area contributed by atoms with Gasteiger partial charge in [0, 0.05) is 45.0 Å². The number of pyridine rings is 1. The summed E-state index contributed by atoms with van der Waals surface area (Å²) in [4.78, 5) is 7.15. The van der Waals surface area contributed by atoms with E-state index in [1.807, 2.05) is 24.4 Å². The molecule has 1 aliphatic carbocycles. The van der Waals surface area contributed by atoms with E-state index in [0.717, 1.165) is 72.2 Å². The summed E-state index contributed by atoms with van der Waals surface area (Å²) in [7, 11) is 0. The van der Waals surface area contributed by atoms with E-state index < -0.39 is 5.41 Å². The second-order valence-corrected chi connectivity index (χ2v) is 15.9. The fraction of sp³-hybridized carbons (Fsp3) is 0.0172. The molecule has 0 bridgehead atoms. The van der Waals surface area contributed by atoms with Gasteiger partial charge in [-0.3, -0.25) is 4.98 Å². The van der Waals surface area contributed by atoms with Gasteiger partial charge < -0.3 is 9.32 Å². The topological polar surface area (TPSA) is 29.3 Å². The monoisotopic (exact) mass is 778 g/mol. The van der Waals surface area contributed by atoms with E-state index in [1.54, 1.807) is 0 Å². The number of fused-ring (bicyclic) bond motifs is 7. The normalized spacial score (nSPS) is 12.7. The Bertz CT molecular complexity index is 3370. The molecule has 0 fully saturated rings. The number of hydrogen-bond acceptors (Lipinski definition) is 3.